The Bertz CT molecular complexity index is 91.6. The Morgan fingerprint density at radius 2 is 2.00 bits per heavy atom. The molecule has 2 nitrogen and oxygen atoms in total. The van der Waals surface area contributed by atoms with Crippen LogP contribution < -0.4 is 0 Å². The van der Waals surface area contributed by atoms with E-state index in [9.17, 15) is 9.59 Å². The third-order valence-electron chi connectivity index (χ3n) is 0.808. The fourth-order valence-corrected chi connectivity index (χ4v) is 0.410. The van der Waals surface area contributed by atoms with E-state index in [1.807, 2.05) is 0 Å². The van der Waals surface area contributed by atoms with Gasteiger partial charge in [-0.2, -0.15) is 6.42 Å². The van der Waals surface area contributed by atoms with Gasteiger partial charge in [0.25, 0.3) is 0 Å². The molecule has 0 aliphatic carbocycles. The second-order valence-corrected chi connectivity index (χ2v) is 1.70. The number of hydrogen-bond donors (Lipinski definition) is 0. The zero-order chi connectivity index (χ0) is 6.41. The summed E-state index contributed by atoms with van der Waals surface area (Å²) in [6, 6.07) is 0. The van der Waals surface area contributed by atoms with Crippen LogP contribution in [0.4, 0.5) is 0 Å². The molecule has 0 saturated carbocycles. The van der Waals surface area contributed by atoms with Gasteiger partial charge in [0.1, 0.15) is 5.78 Å². The van der Waals surface area contributed by atoms with E-state index >= 15 is 0 Å². The molecule has 0 heterocycles. The Kier molecular flexibility index (Phi) is 20.4. The average molecular weight is 217 g/mol. The van der Waals surface area contributed by atoms with Crippen molar-refractivity contribution < 1.29 is 42.3 Å². The molecule has 0 N–H and O–H groups in total. The molecule has 1 radical (unpaired) electrons. The summed E-state index contributed by atoms with van der Waals surface area (Å²) in [5.74, 6) is 0.139. The van der Waals surface area contributed by atoms with Gasteiger partial charge < -0.3 is 17.0 Å². The van der Waals surface area contributed by atoms with E-state index in [1.165, 1.54) is 6.92 Å². The maximum absolute atomic E-state index is 10.2. The molecule has 0 aromatic rings. The van der Waals surface area contributed by atoms with Gasteiger partial charge in [0.15, 0.2) is 0 Å². The van der Waals surface area contributed by atoms with E-state index < -0.39 is 0 Å². The molecular formula is C7H12O2Y-2. The SMILES string of the molecule is CC(=O)CCC[C-]=O.[CH3-].[Y]. The first kappa shape index (κ1) is 16.8. The molecule has 0 unspecified atom stereocenters. The zero-order valence-electron chi connectivity index (χ0n) is 6.52. The predicted octanol–water partition coefficient (Wildman–Crippen LogP) is 1.30. The maximum Gasteiger partial charge on any atom is 0.129 e. The van der Waals surface area contributed by atoms with Gasteiger partial charge in [-0.15, -0.1) is 0 Å². The standard InChI is InChI=1S/C6H9O2.CH3.Y/c1-6(8)4-2-3-5-7;;/h2-4H2,1H3;1H3;/q2*-1;. The Morgan fingerprint density at radius 1 is 1.50 bits per heavy atom. The molecule has 0 fully saturated rings. The third-order valence-corrected chi connectivity index (χ3v) is 0.808. The molecule has 0 aromatic heterocycles. The summed E-state index contributed by atoms with van der Waals surface area (Å²) in [5, 5.41) is 0. The van der Waals surface area contributed by atoms with Crippen LogP contribution in [0.5, 0.6) is 0 Å². The molecular weight excluding hydrogens is 205 g/mol. The number of unbranched alkanes of at least 4 members (excludes halogenated alkanes) is 1. The second kappa shape index (κ2) is 12.2. The van der Waals surface area contributed by atoms with Crippen molar-refractivity contribution in [3.05, 3.63) is 7.43 Å². The molecule has 0 spiro atoms. The van der Waals surface area contributed by atoms with E-state index in [0.29, 0.717) is 19.3 Å². The Labute approximate surface area is 87.6 Å². The monoisotopic (exact) mass is 217 g/mol. The predicted molar refractivity (Wildman–Crippen MR) is 36.6 cm³/mol. The molecule has 10 heavy (non-hydrogen) atoms. The van der Waals surface area contributed by atoms with Crippen LogP contribution >= 0.6 is 0 Å². The Morgan fingerprint density at radius 3 is 2.30 bits per heavy atom. The molecule has 0 aliphatic heterocycles. The quantitative estimate of drug-likeness (QED) is 0.525. The molecule has 0 bridgehead atoms. The van der Waals surface area contributed by atoms with Crippen LogP contribution in [0.1, 0.15) is 26.2 Å². The summed E-state index contributed by atoms with van der Waals surface area (Å²) in [6.45, 7) is 1.52. The van der Waals surface area contributed by atoms with Gasteiger partial charge in [-0.25, -0.2) is 0 Å². The first-order chi connectivity index (χ1) is 3.77. The van der Waals surface area contributed by atoms with Crippen molar-refractivity contribution in [2.75, 3.05) is 0 Å². The van der Waals surface area contributed by atoms with E-state index in [2.05, 4.69) is 0 Å². The van der Waals surface area contributed by atoms with Crippen molar-refractivity contribution in [1.29, 1.82) is 0 Å². The van der Waals surface area contributed by atoms with Crippen LogP contribution in [0.2, 0.25) is 0 Å². The van der Waals surface area contributed by atoms with Gasteiger partial charge in [-0.1, -0.05) is 6.42 Å². The topological polar surface area (TPSA) is 34.1 Å². The number of ketones is 1. The summed E-state index contributed by atoms with van der Waals surface area (Å²) >= 11 is 0. The van der Waals surface area contributed by atoms with Crippen molar-refractivity contribution >= 4 is 12.1 Å². The fourth-order valence-electron chi connectivity index (χ4n) is 0.410. The summed E-state index contributed by atoms with van der Waals surface area (Å²) in [6.07, 6.45) is 3.27. The van der Waals surface area contributed by atoms with Crippen LogP contribution in [0.25, 0.3) is 0 Å². The van der Waals surface area contributed by atoms with Crippen molar-refractivity contribution in [2.24, 2.45) is 0 Å². The van der Waals surface area contributed by atoms with E-state index in [0.717, 1.165) is 0 Å². The minimum Gasteiger partial charge on any atom is -0.542 e. The number of rotatable bonds is 4. The second-order valence-electron chi connectivity index (χ2n) is 1.70. The largest absolute Gasteiger partial charge is 0.542 e. The minimum atomic E-state index is 0. The van der Waals surface area contributed by atoms with Gasteiger partial charge >= 0.3 is 0 Å². The van der Waals surface area contributed by atoms with Crippen LogP contribution in [0.15, 0.2) is 0 Å². The van der Waals surface area contributed by atoms with Gasteiger partial charge in [0.05, 0.1) is 0 Å². The molecule has 0 atom stereocenters. The van der Waals surface area contributed by atoms with Crippen LogP contribution in [0, 0.1) is 7.43 Å². The normalized spacial score (nSPS) is 6.90. The smallest absolute Gasteiger partial charge is 0.129 e. The summed E-state index contributed by atoms with van der Waals surface area (Å²) in [4.78, 5) is 19.7. The van der Waals surface area contributed by atoms with Crippen LogP contribution in [0.3, 0.4) is 0 Å². The summed E-state index contributed by atoms with van der Waals surface area (Å²) < 4.78 is 0. The molecule has 0 saturated heterocycles. The molecule has 0 amide bonds. The van der Waals surface area contributed by atoms with E-state index in [1.54, 1.807) is 6.29 Å². The third kappa shape index (κ3) is 15.8. The summed E-state index contributed by atoms with van der Waals surface area (Å²) in [5.41, 5.74) is 0. The van der Waals surface area contributed by atoms with Gasteiger partial charge in [0, 0.05) is 39.1 Å². The fraction of sp³-hybridized carbons (Fsp3) is 0.571. The molecule has 57 valence electrons. The van der Waals surface area contributed by atoms with Crippen molar-refractivity contribution in [1.82, 2.24) is 0 Å². The molecule has 0 rings (SSSR count). The van der Waals surface area contributed by atoms with Gasteiger partial charge in [-0.05, 0) is 6.92 Å². The van der Waals surface area contributed by atoms with Crippen molar-refractivity contribution in [3.8, 4) is 0 Å². The van der Waals surface area contributed by atoms with Crippen molar-refractivity contribution in [2.45, 2.75) is 26.2 Å². The van der Waals surface area contributed by atoms with Crippen LogP contribution in [-0.4, -0.2) is 12.1 Å². The van der Waals surface area contributed by atoms with Gasteiger partial charge in [-0.3, -0.25) is 6.29 Å². The number of carbonyl (C=O) groups is 1. The Hall–Kier alpha value is 0.444. The number of hydrogen-bond acceptors (Lipinski definition) is 2. The van der Waals surface area contributed by atoms with Gasteiger partial charge in [0.2, 0.25) is 0 Å². The summed E-state index contributed by atoms with van der Waals surface area (Å²) in [7, 11) is 0. The Balaban J connectivity index is -0.000000245. The van der Waals surface area contributed by atoms with E-state index in [-0.39, 0.29) is 45.9 Å². The van der Waals surface area contributed by atoms with Crippen molar-refractivity contribution in [3.63, 3.8) is 0 Å². The van der Waals surface area contributed by atoms with E-state index in [4.69, 9.17) is 0 Å². The first-order valence-corrected chi connectivity index (χ1v) is 2.62. The maximum atomic E-state index is 10.2. The number of Topliss-reactive ketones (excluding diaryl/α,β-unsaturated/α-hetero) is 1. The average Bonchev–Trinajstić information content (AvgIpc) is 1.66. The first-order valence-electron chi connectivity index (χ1n) is 2.62. The minimum absolute atomic E-state index is 0. The molecule has 0 aliphatic rings. The molecule has 0 aromatic carbocycles. The van der Waals surface area contributed by atoms with Crippen LogP contribution in [-0.2, 0) is 42.3 Å². The zero-order valence-corrected chi connectivity index (χ0v) is 9.35. The number of carbonyl (C=O) groups excluding carboxylic acids is 2. The molecule has 3 heteroatoms.